The molecule has 1 amide bonds. The highest BCUT2D eigenvalue weighted by Crippen LogP contribution is 2.06. The first-order valence-corrected chi connectivity index (χ1v) is 6.43. The third kappa shape index (κ3) is 6.56. The van der Waals surface area contributed by atoms with Gasteiger partial charge in [-0.2, -0.15) is 0 Å². The van der Waals surface area contributed by atoms with Crippen LogP contribution in [-0.2, 0) is 14.3 Å². The summed E-state index contributed by atoms with van der Waals surface area (Å²) in [6, 6.07) is -0.644. The third-order valence-corrected chi connectivity index (χ3v) is 2.70. The van der Waals surface area contributed by atoms with Crippen LogP contribution in [0.25, 0.3) is 0 Å². The first kappa shape index (κ1) is 16.9. The fourth-order valence-electron chi connectivity index (χ4n) is 1.75. The lowest BCUT2D eigenvalue weighted by atomic mass is 10.0. The molecule has 0 fully saturated rings. The van der Waals surface area contributed by atoms with Gasteiger partial charge in [0.2, 0.25) is 5.91 Å². The van der Waals surface area contributed by atoms with Crippen molar-refractivity contribution in [3.63, 3.8) is 0 Å². The van der Waals surface area contributed by atoms with Gasteiger partial charge in [-0.1, -0.05) is 6.92 Å². The molecule has 0 spiro atoms. The Morgan fingerprint density at radius 3 is 2.28 bits per heavy atom. The van der Waals surface area contributed by atoms with Crippen molar-refractivity contribution in [1.82, 2.24) is 10.6 Å². The van der Waals surface area contributed by atoms with Crippen molar-refractivity contribution >= 4 is 11.9 Å². The summed E-state index contributed by atoms with van der Waals surface area (Å²) < 4.78 is 4.98. The molecular weight excluding hydrogens is 234 g/mol. The van der Waals surface area contributed by atoms with Gasteiger partial charge in [0, 0.05) is 0 Å². The smallest absolute Gasteiger partial charge is 0.323 e. The average Bonchev–Trinajstić information content (AvgIpc) is 2.33. The van der Waals surface area contributed by atoms with Gasteiger partial charge in [0.05, 0.1) is 12.6 Å². The number of nitrogens with one attached hydrogen (secondary N) is 2. The highest BCUT2D eigenvalue weighted by Gasteiger charge is 2.19. The number of carbonyl (C=O) groups excluding carboxylic acids is 2. The van der Waals surface area contributed by atoms with Crippen LogP contribution >= 0.6 is 0 Å². The van der Waals surface area contributed by atoms with Gasteiger partial charge in [-0.05, 0) is 39.8 Å². The number of hydrogen-bond acceptors (Lipinski definition) is 5. The lowest BCUT2D eigenvalue weighted by Gasteiger charge is -2.17. The van der Waals surface area contributed by atoms with Crippen molar-refractivity contribution in [2.75, 3.05) is 20.2 Å². The minimum absolute atomic E-state index is 0.237. The molecule has 0 aliphatic carbocycles. The average molecular weight is 259 g/mol. The lowest BCUT2D eigenvalue weighted by molar-refractivity contribution is -0.145. The van der Waals surface area contributed by atoms with Gasteiger partial charge in [0.25, 0.3) is 0 Å². The van der Waals surface area contributed by atoms with Crippen LogP contribution in [0.1, 0.15) is 33.1 Å². The molecule has 0 radical (unpaired) electrons. The van der Waals surface area contributed by atoms with Crippen LogP contribution in [0.4, 0.5) is 0 Å². The summed E-state index contributed by atoms with van der Waals surface area (Å²) >= 11 is 0. The summed E-state index contributed by atoms with van der Waals surface area (Å²) in [6.07, 6.45) is 1.98. The Morgan fingerprint density at radius 2 is 1.83 bits per heavy atom. The molecule has 18 heavy (non-hydrogen) atoms. The lowest BCUT2D eigenvalue weighted by Crippen LogP contribution is -2.40. The van der Waals surface area contributed by atoms with E-state index < -0.39 is 0 Å². The van der Waals surface area contributed by atoms with Crippen molar-refractivity contribution < 1.29 is 14.3 Å². The second-order valence-corrected chi connectivity index (χ2v) is 4.04. The number of ether oxygens (including phenoxy) is 1. The van der Waals surface area contributed by atoms with Crippen molar-refractivity contribution in [3.05, 3.63) is 0 Å². The number of nitrogens with two attached hydrogens (primary N) is 1. The van der Waals surface area contributed by atoms with E-state index in [0.717, 1.165) is 6.42 Å². The Balaban J connectivity index is 4.10. The normalized spacial score (nSPS) is 13.9. The van der Waals surface area contributed by atoms with Gasteiger partial charge in [0.15, 0.2) is 0 Å². The summed E-state index contributed by atoms with van der Waals surface area (Å²) in [5.41, 5.74) is 5.22. The van der Waals surface area contributed by atoms with E-state index >= 15 is 0 Å². The van der Waals surface area contributed by atoms with Gasteiger partial charge in [-0.15, -0.1) is 0 Å². The number of hydrogen-bond donors (Lipinski definition) is 3. The summed E-state index contributed by atoms with van der Waals surface area (Å²) in [7, 11) is 1.70. The molecule has 0 aromatic carbocycles. The number of primary amides is 1. The zero-order valence-corrected chi connectivity index (χ0v) is 11.5. The van der Waals surface area contributed by atoms with Gasteiger partial charge < -0.3 is 21.1 Å². The van der Waals surface area contributed by atoms with Gasteiger partial charge in [0.1, 0.15) is 6.04 Å². The topological polar surface area (TPSA) is 93.5 Å². The van der Waals surface area contributed by atoms with Gasteiger partial charge in [-0.25, -0.2) is 0 Å². The molecule has 0 saturated carbocycles. The van der Waals surface area contributed by atoms with Crippen molar-refractivity contribution in [3.8, 4) is 0 Å². The van der Waals surface area contributed by atoms with Gasteiger partial charge >= 0.3 is 5.97 Å². The molecule has 0 aliphatic rings. The van der Waals surface area contributed by atoms with E-state index in [2.05, 4.69) is 10.6 Å². The van der Waals surface area contributed by atoms with E-state index in [-0.39, 0.29) is 24.0 Å². The van der Waals surface area contributed by atoms with E-state index in [1.165, 1.54) is 0 Å². The predicted octanol–water partition coefficient (Wildman–Crippen LogP) is -0.229. The van der Waals surface area contributed by atoms with Crippen LogP contribution < -0.4 is 16.4 Å². The molecule has 4 N–H and O–H groups in total. The maximum Gasteiger partial charge on any atom is 0.323 e. The molecule has 6 nitrogen and oxygen atoms in total. The third-order valence-electron chi connectivity index (χ3n) is 2.70. The van der Waals surface area contributed by atoms with Crippen LogP contribution in [0.15, 0.2) is 0 Å². The maximum absolute atomic E-state index is 11.6. The standard InChI is InChI=1S/C12H25N3O3/c1-4-15-10(12(17)18-5-2)8-6-7-9(14-3)11(13)16/h9-10,14-15H,4-8H2,1-3H3,(H2,13,16). The summed E-state index contributed by atoms with van der Waals surface area (Å²) in [5, 5.41) is 5.93. The number of likely N-dealkylation sites (N-methyl/N-ethyl adjacent to an activating group) is 2. The van der Waals surface area contributed by atoms with Crippen LogP contribution in [0.5, 0.6) is 0 Å². The van der Waals surface area contributed by atoms with E-state index in [9.17, 15) is 9.59 Å². The molecule has 6 heteroatoms. The highest BCUT2D eigenvalue weighted by atomic mass is 16.5. The monoisotopic (exact) mass is 259 g/mol. The zero-order chi connectivity index (χ0) is 14.0. The minimum Gasteiger partial charge on any atom is -0.465 e. The second-order valence-electron chi connectivity index (χ2n) is 4.04. The van der Waals surface area contributed by atoms with Crippen LogP contribution in [-0.4, -0.2) is 44.2 Å². The molecule has 0 heterocycles. The molecule has 0 aliphatic heterocycles. The Bertz CT molecular complexity index is 259. The Kier molecular flexibility index (Phi) is 9.22. The Morgan fingerprint density at radius 1 is 1.22 bits per heavy atom. The summed E-state index contributed by atoms with van der Waals surface area (Å²) in [4.78, 5) is 22.6. The quantitative estimate of drug-likeness (QED) is 0.471. The fraction of sp³-hybridized carbons (Fsp3) is 0.833. The Hall–Kier alpha value is -1.14. The van der Waals surface area contributed by atoms with Crippen LogP contribution in [0.3, 0.4) is 0 Å². The summed E-state index contributed by atoms with van der Waals surface area (Å²) in [5.74, 6) is -0.604. The first-order valence-electron chi connectivity index (χ1n) is 6.43. The second kappa shape index (κ2) is 9.85. The largest absolute Gasteiger partial charge is 0.465 e. The van der Waals surface area contributed by atoms with E-state index in [1.807, 2.05) is 6.92 Å². The van der Waals surface area contributed by atoms with E-state index in [0.29, 0.717) is 26.0 Å². The van der Waals surface area contributed by atoms with Crippen LogP contribution in [0, 0.1) is 0 Å². The molecule has 2 atom stereocenters. The van der Waals surface area contributed by atoms with Crippen molar-refractivity contribution in [1.29, 1.82) is 0 Å². The number of amides is 1. The molecule has 0 rings (SSSR count). The molecule has 0 aromatic heterocycles. The van der Waals surface area contributed by atoms with Crippen molar-refractivity contribution in [2.45, 2.75) is 45.2 Å². The maximum atomic E-state index is 11.6. The molecular formula is C12H25N3O3. The van der Waals surface area contributed by atoms with Crippen LogP contribution in [0.2, 0.25) is 0 Å². The summed E-state index contributed by atoms with van der Waals surface area (Å²) in [6.45, 7) is 4.80. The van der Waals surface area contributed by atoms with E-state index in [1.54, 1.807) is 14.0 Å². The van der Waals surface area contributed by atoms with Crippen molar-refractivity contribution in [2.24, 2.45) is 5.73 Å². The minimum atomic E-state index is -0.367. The number of rotatable bonds is 10. The fourth-order valence-corrected chi connectivity index (χ4v) is 1.75. The molecule has 106 valence electrons. The number of esters is 1. The number of carbonyl (C=O) groups is 2. The predicted molar refractivity (Wildman–Crippen MR) is 70.0 cm³/mol. The zero-order valence-electron chi connectivity index (χ0n) is 11.5. The first-order chi connectivity index (χ1) is 8.56. The molecule has 0 bridgehead atoms. The molecule has 2 unspecified atom stereocenters. The molecule has 0 aromatic rings. The Labute approximate surface area is 109 Å². The van der Waals surface area contributed by atoms with Gasteiger partial charge in [-0.3, -0.25) is 9.59 Å². The highest BCUT2D eigenvalue weighted by molar-refractivity contribution is 5.79. The van der Waals surface area contributed by atoms with E-state index in [4.69, 9.17) is 10.5 Å². The SMILES string of the molecule is CCNC(CCCC(NC)C(N)=O)C(=O)OCC. The molecule has 0 saturated heterocycles.